The molecule has 5 aliphatic rings. The maximum Gasteiger partial charge on any atom is 0.331 e. The number of aldehydes is 1. The molecule has 29 heavy (non-hydrogen) atoms. The molecule has 0 bridgehead atoms. The van der Waals surface area contributed by atoms with Gasteiger partial charge in [-0.15, -0.1) is 0 Å². The molecule has 6 heteroatoms. The van der Waals surface area contributed by atoms with E-state index in [0.29, 0.717) is 38.7 Å². The van der Waals surface area contributed by atoms with Crippen LogP contribution >= 0.6 is 0 Å². The van der Waals surface area contributed by atoms with Crippen molar-refractivity contribution in [2.24, 2.45) is 28.6 Å². The van der Waals surface area contributed by atoms with Gasteiger partial charge in [0.2, 0.25) is 0 Å². The van der Waals surface area contributed by atoms with Crippen LogP contribution in [0.25, 0.3) is 0 Å². The molecule has 0 aromatic carbocycles. The molecule has 0 aromatic rings. The van der Waals surface area contributed by atoms with E-state index in [1.165, 1.54) is 0 Å². The van der Waals surface area contributed by atoms with Gasteiger partial charge in [-0.1, -0.05) is 6.92 Å². The molecule has 5 rings (SSSR count). The first kappa shape index (κ1) is 19.7. The highest BCUT2D eigenvalue weighted by Gasteiger charge is 2.71. The zero-order valence-corrected chi connectivity index (χ0v) is 17.1. The van der Waals surface area contributed by atoms with Crippen LogP contribution in [0.2, 0.25) is 0 Å². The third-order valence-electron chi connectivity index (χ3n) is 9.85. The molecule has 3 N–H and O–H groups in total. The summed E-state index contributed by atoms with van der Waals surface area (Å²) in [5, 5.41) is 33.7. The predicted molar refractivity (Wildman–Crippen MR) is 104 cm³/mol. The second kappa shape index (κ2) is 6.14. The average molecular weight is 405 g/mol. The Labute approximate surface area is 171 Å². The quantitative estimate of drug-likeness (QED) is 0.480. The van der Waals surface area contributed by atoms with Gasteiger partial charge in [-0.25, -0.2) is 4.79 Å². The molecular formula is C23H32O6. The Morgan fingerprint density at radius 2 is 1.83 bits per heavy atom. The summed E-state index contributed by atoms with van der Waals surface area (Å²) >= 11 is 0. The molecule has 0 saturated heterocycles. The van der Waals surface area contributed by atoms with Gasteiger partial charge in [0.05, 0.1) is 22.7 Å². The molecule has 0 amide bonds. The molecule has 0 radical (unpaired) electrons. The first-order chi connectivity index (χ1) is 13.7. The summed E-state index contributed by atoms with van der Waals surface area (Å²) in [4.78, 5) is 24.1. The molecule has 6 nitrogen and oxygen atoms in total. The lowest BCUT2D eigenvalue weighted by Crippen LogP contribution is -2.68. The summed E-state index contributed by atoms with van der Waals surface area (Å²) in [6, 6.07) is 0. The predicted octanol–water partition coefficient (Wildman–Crippen LogP) is 1.90. The summed E-state index contributed by atoms with van der Waals surface area (Å²) in [5.41, 5.74) is -2.34. The minimum Gasteiger partial charge on any atom is -0.458 e. The van der Waals surface area contributed by atoms with Crippen LogP contribution in [-0.4, -0.2) is 51.5 Å². The molecule has 4 fully saturated rings. The highest BCUT2D eigenvalue weighted by molar-refractivity contribution is 5.85. The van der Waals surface area contributed by atoms with Crippen molar-refractivity contribution in [3.05, 3.63) is 11.6 Å². The lowest BCUT2D eigenvalue weighted by atomic mass is 9.41. The molecular weight excluding hydrogens is 372 g/mol. The van der Waals surface area contributed by atoms with Gasteiger partial charge in [0, 0.05) is 17.9 Å². The van der Waals surface area contributed by atoms with Gasteiger partial charge in [0.25, 0.3) is 0 Å². The molecule has 4 aliphatic carbocycles. The van der Waals surface area contributed by atoms with Crippen LogP contribution in [0.15, 0.2) is 11.6 Å². The van der Waals surface area contributed by atoms with Gasteiger partial charge < -0.3 is 24.9 Å². The highest BCUT2D eigenvalue weighted by Crippen LogP contribution is 2.70. The van der Waals surface area contributed by atoms with Crippen LogP contribution in [0, 0.1) is 28.6 Å². The van der Waals surface area contributed by atoms with Gasteiger partial charge >= 0.3 is 5.97 Å². The largest absolute Gasteiger partial charge is 0.458 e. The van der Waals surface area contributed by atoms with E-state index in [0.717, 1.165) is 31.1 Å². The van der Waals surface area contributed by atoms with E-state index in [1.54, 1.807) is 6.08 Å². The minimum atomic E-state index is -1.18. The molecule has 0 spiro atoms. The van der Waals surface area contributed by atoms with Crippen LogP contribution in [0.4, 0.5) is 0 Å². The van der Waals surface area contributed by atoms with Crippen molar-refractivity contribution < 1.29 is 29.6 Å². The third-order valence-corrected chi connectivity index (χ3v) is 9.85. The topological polar surface area (TPSA) is 104 Å². The number of fused-ring (bicyclic) bond motifs is 5. The fourth-order valence-corrected chi connectivity index (χ4v) is 8.34. The van der Waals surface area contributed by atoms with Gasteiger partial charge in [-0.3, -0.25) is 0 Å². The molecule has 160 valence electrons. The van der Waals surface area contributed by atoms with E-state index >= 15 is 0 Å². The van der Waals surface area contributed by atoms with Crippen molar-refractivity contribution in [3.8, 4) is 0 Å². The van der Waals surface area contributed by atoms with Crippen LogP contribution in [-0.2, 0) is 14.3 Å². The number of esters is 1. The molecule has 1 aliphatic heterocycles. The van der Waals surface area contributed by atoms with Crippen molar-refractivity contribution in [3.63, 3.8) is 0 Å². The standard InChI is InChI=1S/C23H32O6/c1-20-6-3-17-18(4-8-22(27)11-15(25)2-7-21(17,22)13-24)23(20,28)9-5-16(20)14-10-19(26)29-12-14/h10,13,15-18,25,27-28H,2-9,11-12H2,1H3/t15-,16+,17-,18-,20+,21-,22-,23-/m0/s1. The molecule has 0 aromatic heterocycles. The van der Waals surface area contributed by atoms with Crippen molar-refractivity contribution in [1.82, 2.24) is 0 Å². The number of aliphatic hydroxyl groups is 3. The number of aliphatic hydroxyl groups excluding tert-OH is 1. The number of carbonyl (C=O) groups excluding carboxylic acids is 2. The second-order valence-corrected chi connectivity index (χ2v) is 10.6. The van der Waals surface area contributed by atoms with E-state index in [2.05, 4.69) is 6.92 Å². The Kier molecular flexibility index (Phi) is 4.18. The summed E-state index contributed by atoms with van der Waals surface area (Å²) in [5.74, 6) is -0.304. The van der Waals surface area contributed by atoms with Crippen molar-refractivity contribution in [2.75, 3.05) is 6.61 Å². The normalized spacial score (nSPS) is 54.1. The Bertz CT molecular complexity index is 777. The smallest absolute Gasteiger partial charge is 0.331 e. The fourth-order valence-electron chi connectivity index (χ4n) is 8.34. The SMILES string of the molecule is C[C@]12CC[C@H]3[C@H](CC[C@]4(O)C[C@@H](O)CC[C@]34C=O)[C@@]1(O)CC[C@@H]2C1=CC(=O)OC1. The van der Waals surface area contributed by atoms with Crippen molar-refractivity contribution in [2.45, 2.75) is 82.0 Å². The van der Waals surface area contributed by atoms with E-state index < -0.39 is 22.7 Å². The first-order valence-electron chi connectivity index (χ1n) is 11.2. The zero-order chi connectivity index (χ0) is 20.7. The molecule has 4 saturated carbocycles. The van der Waals surface area contributed by atoms with Gasteiger partial charge in [0.15, 0.2) is 0 Å². The second-order valence-electron chi connectivity index (χ2n) is 10.6. The van der Waals surface area contributed by atoms with Crippen molar-refractivity contribution >= 4 is 12.3 Å². The summed E-state index contributed by atoms with van der Waals surface area (Å²) < 4.78 is 5.15. The van der Waals surface area contributed by atoms with E-state index in [1.807, 2.05) is 0 Å². The van der Waals surface area contributed by atoms with E-state index in [9.17, 15) is 24.9 Å². The maximum atomic E-state index is 12.5. The van der Waals surface area contributed by atoms with Gasteiger partial charge in [-0.2, -0.15) is 0 Å². The number of hydrogen-bond donors (Lipinski definition) is 3. The monoisotopic (exact) mass is 404 g/mol. The number of cyclic esters (lactones) is 1. The third kappa shape index (κ3) is 2.34. The van der Waals surface area contributed by atoms with Crippen molar-refractivity contribution in [1.29, 1.82) is 0 Å². The number of rotatable bonds is 2. The van der Waals surface area contributed by atoms with Crippen LogP contribution in [0.1, 0.15) is 64.7 Å². The fraction of sp³-hybridized carbons (Fsp3) is 0.826. The average Bonchev–Trinajstić information content (AvgIpc) is 3.21. The lowest BCUT2D eigenvalue weighted by Gasteiger charge is -2.65. The number of carbonyl (C=O) groups is 2. The highest BCUT2D eigenvalue weighted by atomic mass is 16.5. The first-order valence-corrected chi connectivity index (χ1v) is 11.2. The van der Waals surface area contributed by atoms with E-state index in [-0.39, 0.29) is 35.6 Å². The molecule has 8 atom stereocenters. The summed E-state index contributed by atoms with van der Waals surface area (Å²) in [6.07, 6.45) is 7.36. The summed E-state index contributed by atoms with van der Waals surface area (Å²) in [7, 11) is 0. The number of hydrogen-bond acceptors (Lipinski definition) is 6. The minimum absolute atomic E-state index is 0.0504. The molecule has 1 heterocycles. The lowest BCUT2D eigenvalue weighted by molar-refractivity contribution is -0.248. The molecule has 0 unspecified atom stereocenters. The van der Waals surface area contributed by atoms with Crippen LogP contribution < -0.4 is 0 Å². The Balaban J connectivity index is 1.52. The number of ether oxygens (including phenoxy) is 1. The Hall–Kier alpha value is -1.24. The van der Waals surface area contributed by atoms with Gasteiger partial charge in [-0.05, 0) is 74.7 Å². The Morgan fingerprint density at radius 3 is 2.52 bits per heavy atom. The Morgan fingerprint density at radius 1 is 1.07 bits per heavy atom. The van der Waals surface area contributed by atoms with Crippen LogP contribution in [0.3, 0.4) is 0 Å². The summed E-state index contributed by atoms with van der Waals surface area (Å²) in [6.45, 7) is 2.46. The van der Waals surface area contributed by atoms with Gasteiger partial charge in [0.1, 0.15) is 12.9 Å². The maximum absolute atomic E-state index is 12.5. The zero-order valence-electron chi connectivity index (χ0n) is 17.1. The van der Waals surface area contributed by atoms with Crippen LogP contribution in [0.5, 0.6) is 0 Å². The van der Waals surface area contributed by atoms with E-state index in [4.69, 9.17) is 4.74 Å².